The molecule has 0 atom stereocenters. The number of rotatable bonds is 0. The van der Waals surface area contributed by atoms with Gasteiger partial charge in [0.25, 0.3) is 0 Å². The van der Waals surface area contributed by atoms with Gasteiger partial charge in [0.05, 0.1) is 0 Å². The van der Waals surface area contributed by atoms with Crippen LogP contribution in [0.4, 0.5) is 0 Å². The molecule has 0 aromatic rings. The van der Waals surface area contributed by atoms with Crippen molar-refractivity contribution in [2.45, 2.75) is 0 Å². The van der Waals surface area contributed by atoms with Crippen LogP contribution >= 0.6 is 0 Å². The van der Waals surface area contributed by atoms with Crippen LogP contribution in [-0.4, -0.2) is 25.2 Å². The third kappa shape index (κ3) is 91.2. The molecule has 0 aliphatic rings. The van der Waals surface area contributed by atoms with Gasteiger partial charge in [-0.1, -0.05) is 0 Å². The Morgan fingerprint density at radius 2 is 0.214 bits per heavy atom. The van der Waals surface area contributed by atoms with Gasteiger partial charge >= 0.3 is 325 Å². The molecule has 14 heteroatoms. The molecule has 0 aromatic carbocycles. The van der Waals surface area contributed by atoms with Crippen LogP contribution in [0.25, 0.3) is 0 Å². The maximum absolute atomic E-state index is 0. The van der Waals surface area contributed by atoms with Crippen LogP contribution in [0.2, 0.25) is 0 Å². The van der Waals surface area contributed by atoms with Gasteiger partial charge in [-0.25, -0.2) is 0 Å². The van der Waals surface area contributed by atoms with E-state index in [1.165, 1.54) is 0 Å². The van der Waals surface area contributed by atoms with Gasteiger partial charge in [0.15, 0.2) is 0 Å². The van der Waals surface area contributed by atoms with E-state index in [0.717, 1.165) is 0 Å². The van der Waals surface area contributed by atoms with Crippen molar-refractivity contribution in [3.63, 3.8) is 0 Å². The predicted octanol–water partition coefficient (Wildman–Crippen LogP) is -32.9. The summed E-state index contributed by atoms with van der Waals surface area (Å²) in [5, 5.41) is 0. The standard InChI is InChI=1S/3B.11Na.11H/q;;;11*+1;11*-1. The second-order valence-electron chi connectivity index (χ2n) is 0. The topological polar surface area (TPSA) is 0 Å². The van der Waals surface area contributed by atoms with Gasteiger partial charge in [-0.2, -0.15) is 0 Å². The quantitative estimate of drug-likeness (QED) is 0.390. The largest absolute Gasteiger partial charge is 1.00 e. The zero-order valence-electron chi connectivity index (χ0n) is 23.7. The molecule has 0 aliphatic heterocycles. The summed E-state index contributed by atoms with van der Waals surface area (Å²) in [7, 11) is 0. The molecule has 9 radical (unpaired) electrons. The molecule has 0 spiro atoms. The van der Waals surface area contributed by atoms with E-state index in [2.05, 4.69) is 0 Å². The SMILES string of the molecule is [B].[B].[B].[H-].[H-].[H-].[H-].[H-].[H-].[H-].[H-].[H-].[H-].[H-].[Na+].[Na+].[Na+].[Na+].[Na+].[Na+].[Na+].[Na+].[Na+].[Na+].[Na+]. The Morgan fingerprint density at radius 3 is 0.214 bits per heavy atom. The fourth-order valence-electron chi connectivity index (χ4n) is 0. The first kappa shape index (κ1) is 118. The Labute approximate surface area is 355 Å². The van der Waals surface area contributed by atoms with Crippen molar-refractivity contribution in [2.24, 2.45) is 0 Å². The molecule has 0 fully saturated rings. The van der Waals surface area contributed by atoms with Crippen molar-refractivity contribution < 1.29 is 341 Å². The summed E-state index contributed by atoms with van der Waals surface area (Å²) in [6.07, 6.45) is 0. The van der Waals surface area contributed by atoms with Crippen LogP contribution in [0.3, 0.4) is 0 Å². The molecule has 31 valence electrons. The van der Waals surface area contributed by atoms with Gasteiger partial charge in [-0.3, -0.25) is 0 Å². The maximum Gasteiger partial charge on any atom is 1.00 e. The first-order valence-electron chi connectivity index (χ1n) is 0. The summed E-state index contributed by atoms with van der Waals surface area (Å²) >= 11 is 0. The molecule has 0 unspecified atom stereocenters. The Kier molecular flexibility index (Phi) is 873. The van der Waals surface area contributed by atoms with Gasteiger partial charge < -0.3 is 15.7 Å². The summed E-state index contributed by atoms with van der Waals surface area (Å²) in [4.78, 5) is 0. The minimum absolute atomic E-state index is 0. The fraction of sp³-hybridized carbons (Fsp3) is 0. The first-order valence-corrected chi connectivity index (χ1v) is 0. The normalized spacial score (nSPS) is 0. The zero-order chi connectivity index (χ0) is 0. The third-order valence-electron chi connectivity index (χ3n) is 0. The molecule has 0 aliphatic carbocycles. The van der Waals surface area contributed by atoms with E-state index in [4.69, 9.17) is 0 Å². The first-order chi connectivity index (χ1) is 0. The van der Waals surface area contributed by atoms with Crippen LogP contribution in [0.5, 0.6) is 0 Å². The van der Waals surface area contributed by atoms with Crippen molar-refractivity contribution in [3.05, 3.63) is 0 Å². The maximum atomic E-state index is 0. The fourth-order valence-corrected chi connectivity index (χ4v) is 0. The molecule has 0 nitrogen and oxygen atoms in total. The minimum atomic E-state index is 0. The van der Waals surface area contributed by atoms with E-state index in [0.29, 0.717) is 0 Å². The second kappa shape index (κ2) is 104. The van der Waals surface area contributed by atoms with E-state index in [1.54, 1.807) is 0 Å². The monoisotopic (exact) mass is 297 g/mol. The summed E-state index contributed by atoms with van der Waals surface area (Å²) in [5.74, 6) is 0. The molecule has 0 bridgehead atoms. The van der Waals surface area contributed by atoms with Crippen LogP contribution < -0.4 is 325 Å². The van der Waals surface area contributed by atoms with Gasteiger partial charge in [-0.05, 0) is 0 Å². The minimum Gasteiger partial charge on any atom is -1.00 e. The van der Waals surface area contributed by atoms with E-state index in [1.807, 2.05) is 0 Å². The van der Waals surface area contributed by atoms with Crippen molar-refractivity contribution in [1.82, 2.24) is 0 Å². The van der Waals surface area contributed by atoms with Crippen LogP contribution in [0.15, 0.2) is 0 Å². The van der Waals surface area contributed by atoms with Crippen molar-refractivity contribution in [3.8, 4) is 0 Å². The summed E-state index contributed by atoms with van der Waals surface area (Å²) < 4.78 is 0. The molecule has 0 heterocycles. The Morgan fingerprint density at radius 1 is 0.214 bits per heavy atom. The molecule has 0 rings (SSSR count). The number of hydrogen-bond donors (Lipinski definition) is 0. The number of hydrogen-bond acceptors (Lipinski definition) is 0. The van der Waals surface area contributed by atoms with Crippen LogP contribution in [0, 0.1) is 0 Å². The van der Waals surface area contributed by atoms with Crippen molar-refractivity contribution >= 4 is 25.2 Å². The molecule has 0 aromatic heterocycles. The Hall–Kier alpha value is 11.2. The summed E-state index contributed by atoms with van der Waals surface area (Å²) in [6.45, 7) is 0. The smallest absolute Gasteiger partial charge is 1.00 e. The molecule has 0 amide bonds. The molecule has 0 saturated carbocycles. The summed E-state index contributed by atoms with van der Waals surface area (Å²) in [6, 6.07) is 0. The third-order valence-corrected chi connectivity index (χ3v) is 0. The molecular weight excluding hydrogens is 285 g/mol. The van der Waals surface area contributed by atoms with E-state index in [9.17, 15) is 0 Å². The van der Waals surface area contributed by atoms with E-state index in [-0.39, 0.29) is 366 Å². The Balaban J connectivity index is 0. The second-order valence-corrected chi connectivity index (χ2v) is 0. The van der Waals surface area contributed by atoms with E-state index >= 15 is 0 Å². The molecule has 0 N–H and O–H groups in total. The van der Waals surface area contributed by atoms with Crippen LogP contribution in [-0.2, 0) is 0 Å². The van der Waals surface area contributed by atoms with Crippen molar-refractivity contribution in [2.75, 3.05) is 0 Å². The average Bonchev–Trinajstić information content (AvgIpc) is 0. The molecule has 0 saturated heterocycles. The van der Waals surface area contributed by atoms with Gasteiger partial charge in [0.1, 0.15) is 0 Å². The molecular formula is H11B3Na11. The van der Waals surface area contributed by atoms with Crippen LogP contribution in [0.1, 0.15) is 15.7 Å². The van der Waals surface area contributed by atoms with Gasteiger partial charge in [0.2, 0.25) is 0 Å². The average molecular weight is 296 g/mol. The van der Waals surface area contributed by atoms with E-state index < -0.39 is 0 Å². The predicted molar refractivity (Wildman–Crippen MR) is 29.5 cm³/mol. The van der Waals surface area contributed by atoms with Gasteiger partial charge in [-0.15, -0.1) is 0 Å². The van der Waals surface area contributed by atoms with Gasteiger partial charge in [0, 0.05) is 25.2 Å². The molecule has 14 heavy (non-hydrogen) atoms. The van der Waals surface area contributed by atoms with Crippen molar-refractivity contribution in [1.29, 1.82) is 0 Å². The zero-order valence-corrected chi connectivity index (χ0v) is 34.7. The summed E-state index contributed by atoms with van der Waals surface area (Å²) in [5.41, 5.74) is 0. The Bertz CT molecular complexity index is 35.2.